The molecule has 4 nitrogen and oxygen atoms in total. The highest BCUT2D eigenvalue weighted by molar-refractivity contribution is 6.34. The molecule has 1 amide bonds. The zero-order valence-corrected chi connectivity index (χ0v) is 11.9. The van der Waals surface area contributed by atoms with Crippen molar-refractivity contribution in [3.63, 3.8) is 0 Å². The van der Waals surface area contributed by atoms with E-state index in [0.29, 0.717) is 11.4 Å². The van der Waals surface area contributed by atoms with E-state index in [0.717, 1.165) is 18.2 Å². The van der Waals surface area contributed by atoms with E-state index in [2.05, 4.69) is 10.4 Å². The number of carbonyl (C=O) groups is 1. The Balaban J connectivity index is 2.33. The van der Waals surface area contributed by atoms with Crippen molar-refractivity contribution in [1.29, 1.82) is 0 Å². The van der Waals surface area contributed by atoms with Crippen LogP contribution >= 0.6 is 11.6 Å². The first kappa shape index (κ1) is 15.4. The standard InChI is InChI=1S/C13H11ClF3N3O/c1-7-11(6-20(2)19-7)18-12(21)9-5-8(13(15,16)17)3-4-10(9)14/h3-6H,1-2H3,(H,18,21). The number of halogens is 4. The largest absolute Gasteiger partial charge is 0.416 e. The van der Waals surface area contributed by atoms with Crippen LogP contribution in [0.2, 0.25) is 5.02 Å². The van der Waals surface area contributed by atoms with Crippen LogP contribution in [0.25, 0.3) is 0 Å². The number of alkyl halides is 3. The molecule has 1 heterocycles. The molecule has 2 aromatic rings. The van der Waals surface area contributed by atoms with Gasteiger partial charge in [-0.15, -0.1) is 0 Å². The van der Waals surface area contributed by atoms with E-state index < -0.39 is 17.6 Å². The lowest BCUT2D eigenvalue weighted by atomic mass is 10.1. The number of nitrogens with one attached hydrogen (secondary N) is 1. The van der Waals surface area contributed by atoms with Crippen molar-refractivity contribution in [3.05, 3.63) is 46.2 Å². The van der Waals surface area contributed by atoms with Gasteiger partial charge in [0.25, 0.3) is 5.91 Å². The number of carbonyl (C=O) groups excluding carboxylic acids is 1. The summed E-state index contributed by atoms with van der Waals surface area (Å²) in [6, 6.07) is 2.60. The van der Waals surface area contributed by atoms with Crippen LogP contribution in [0.5, 0.6) is 0 Å². The van der Waals surface area contributed by atoms with Crippen LogP contribution < -0.4 is 5.32 Å². The van der Waals surface area contributed by atoms with Crippen molar-refractivity contribution in [3.8, 4) is 0 Å². The highest BCUT2D eigenvalue weighted by Gasteiger charge is 2.31. The van der Waals surface area contributed by atoms with Crippen molar-refractivity contribution < 1.29 is 18.0 Å². The minimum atomic E-state index is -4.54. The van der Waals surface area contributed by atoms with Gasteiger partial charge in [0.1, 0.15) is 0 Å². The number of hydrogen-bond acceptors (Lipinski definition) is 2. The number of benzene rings is 1. The van der Waals surface area contributed by atoms with Gasteiger partial charge in [0.2, 0.25) is 0 Å². The molecule has 1 aromatic heterocycles. The molecule has 2 rings (SSSR count). The van der Waals surface area contributed by atoms with Crippen LogP contribution in [0.15, 0.2) is 24.4 Å². The minimum absolute atomic E-state index is 0.0537. The quantitative estimate of drug-likeness (QED) is 0.919. The lowest BCUT2D eigenvalue weighted by molar-refractivity contribution is -0.137. The number of rotatable bonds is 2. The van der Waals surface area contributed by atoms with Gasteiger partial charge in [-0.3, -0.25) is 9.48 Å². The van der Waals surface area contributed by atoms with Crippen molar-refractivity contribution in [1.82, 2.24) is 9.78 Å². The number of aromatic nitrogens is 2. The Morgan fingerprint density at radius 3 is 2.57 bits per heavy atom. The molecular formula is C13H11ClF3N3O. The summed E-state index contributed by atoms with van der Waals surface area (Å²) in [5.41, 5.74) is -0.209. The average Bonchev–Trinajstić information content (AvgIpc) is 2.66. The van der Waals surface area contributed by atoms with Gasteiger partial charge in [0.05, 0.1) is 27.5 Å². The van der Waals surface area contributed by atoms with Crippen molar-refractivity contribution >= 4 is 23.2 Å². The van der Waals surface area contributed by atoms with Gasteiger partial charge in [0, 0.05) is 13.2 Å². The lowest BCUT2D eigenvalue weighted by Crippen LogP contribution is -2.15. The third-order valence-corrected chi connectivity index (χ3v) is 3.13. The van der Waals surface area contributed by atoms with Gasteiger partial charge < -0.3 is 5.32 Å². The first-order chi connectivity index (χ1) is 9.68. The maximum absolute atomic E-state index is 12.7. The van der Waals surface area contributed by atoms with Crippen molar-refractivity contribution in [2.24, 2.45) is 7.05 Å². The number of amides is 1. The SMILES string of the molecule is Cc1nn(C)cc1NC(=O)c1cc(C(F)(F)F)ccc1Cl. The molecule has 8 heteroatoms. The lowest BCUT2D eigenvalue weighted by Gasteiger charge is -2.10. The van der Waals surface area contributed by atoms with Crippen LogP contribution in [0, 0.1) is 6.92 Å². The summed E-state index contributed by atoms with van der Waals surface area (Å²) in [7, 11) is 1.67. The number of anilines is 1. The summed E-state index contributed by atoms with van der Waals surface area (Å²) in [5, 5.41) is 6.47. The molecule has 1 aromatic carbocycles. The fourth-order valence-electron chi connectivity index (χ4n) is 1.79. The van der Waals surface area contributed by atoms with E-state index in [1.807, 2.05) is 0 Å². The molecule has 0 fully saturated rings. The Hall–Kier alpha value is -2.02. The third kappa shape index (κ3) is 3.36. The first-order valence-electron chi connectivity index (χ1n) is 5.87. The Labute approximate surface area is 123 Å². The Kier molecular flexibility index (Phi) is 3.95. The van der Waals surface area contributed by atoms with Gasteiger partial charge in [-0.1, -0.05) is 11.6 Å². The molecule has 0 radical (unpaired) electrons. The fourth-order valence-corrected chi connectivity index (χ4v) is 1.99. The first-order valence-corrected chi connectivity index (χ1v) is 6.24. The van der Waals surface area contributed by atoms with E-state index >= 15 is 0 Å². The predicted molar refractivity (Wildman–Crippen MR) is 72.4 cm³/mol. The highest BCUT2D eigenvalue weighted by Crippen LogP contribution is 2.32. The Morgan fingerprint density at radius 1 is 1.38 bits per heavy atom. The van der Waals surface area contributed by atoms with Gasteiger partial charge in [-0.2, -0.15) is 18.3 Å². The molecule has 0 aliphatic rings. The van der Waals surface area contributed by atoms with Crippen LogP contribution in [-0.4, -0.2) is 15.7 Å². The Morgan fingerprint density at radius 2 is 2.05 bits per heavy atom. The van der Waals surface area contributed by atoms with Crippen molar-refractivity contribution in [2.45, 2.75) is 13.1 Å². The van der Waals surface area contributed by atoms with E-state index in [4.69, 9.17) is 11.6 Å². The molecule has 1 N–H and O–H groups in total. The van der Waals surface area contributed by atoms with E-state index in [1.165, 1.54) is 4.68 Å². The molecular weight excluding hydrogens is 307 g/mol. The van der Waals surface area contributed by atoms with Crippen molar-refractivity contribution in [2.75, 3.05) is 5.32 Å². The molecule has 112 valence electrons. The molecule has 0 aliphatic carbocycles. The summed E-state index contributed by atoms with van der Waals surface area (Å²) >= 11 is 5.80. The second-order valence-electron chi connectivity index (χ2n) is 4.45. The normalized spacial score (nSPS) is 11.5. The summed E-state index contributed by atoms with van der Waals surface area (Å²) < 4.78 is 39.5. The van der Waals surface area contributed by atoms with Crippen LogP contribution in [0.1, 0.15) is 21.6 Å². The van der Waals surface area contributed by atoms with Gasteiger partial charge in [0.15, 0.2) is 0 Å². The van der Waals surface area contributed by atoms with Gasteiger partial charge >= 0.3 is 6.18 Å². The number of aryl methyl sites for hydroxylation is 2. The summed E-state index contributed by atoms with van der Waals surface area (Å²) in [5.74, 6) is -0.720. The summed E-state index contributed by atoms with van der Waals surface area (Å²) in [4.78, 5) is 12.1. The smallest absolute Gasteiger partial charge is 0.319 e. The summed E-state index contributed by atoms with van der Waals surface area (Å²) in [6.45, 7) is 1.67. The summed E-state index contributed by atoms with van der Waals surface area (Å²) in [6.07, 6.45) is -2.99. The molecule has 0 bridgehead atoms. The van der Waals surface area contributed by atoms with E-state index in [-0.39, 0.29) is 10.6 Å². The topological polar surface area (TPSA) is 46.9 Å². The second-order valence-corrected chi connectivity index (χ2v) is 4.86. The molecule has 21 heavy (non-hydrogen) atoms. The second kappa shape index (κ2) is 5.40. The monoisotopic (exact) mass is 317 g/mol. The molecule has 0 saturated heterocycles. The van der Waals surface area contributed by atoms with Crippen LogP contribution in [0.4, 0.5) is 18.9 Å². The zero-order chi connectivity index (χ0) is 15.8. The highest BCUT2D eigenvalue weighted by atomic mass is 35.5. The molecule has 0 saturated carbocycles. The van der Waals surface area contributed by atoms with Crippen LogP contribution in [-0.2, 0) is 13.2 Å². The van der Waals surface area contributed by atoms with Crippen LogP contribution in [0.3, 0.4) is 0 Å². The molecule has 0 aliphatic heterocycles. The fraction of sp³-hybridized carbons (Fsp3) is 0.231. The average molecular weight is 318 g/mol. The maximum Gasteiger partial charge on any atom is 0.416 e. The number of nitrogens with zero attached hydrogens (tertiary/aromatic N) is 2. The minimum Gasteiger partial charge on any atom is -0.319 e. The zero-order valence-electron chi connectivity index (χ0n) is 11.1. The van der Waals surface area contributed by atoms with E-state index in [1.54, 1.807) is 20.2 Å². The molecule has 0 unspecified atom stereocenters. The van der Waals surface area contributed by atoms with E-state index in [9.17, 15) is 18.0 Å². The Bertz CT molecular complexity index is 694. The van der Waals surface area contributed by atoms with Gasteiger partial charge in [-0.05, 0) is 25.1 Å². The predicted octanol–water partition coefficient (Wildman–Crippen LogP) is 3.65. The molecule has 0 spiro atoms. The van der Waals surface area contributed by atoms with Gasteiger partial charge in [-0.25, -0.2) is 0 Å². The maximum atomic E-state index is 12.7. The molecule has 0 atom stereocenters. The third-order valence-electron chi connectivity index (χ3n) is 2.80. The number of hydrogen-bond donors (Lipinski definition) is 1.